The molecule has 0 heterocycles. The number of halogens is 2. The monoisotopic (exact) mass is 366 g/mol. The van der Waals surface area contributed by atoms with E-state index in [-0.39, 0.29) is 28.5 Å². The molecule has 0 radical (unpaired) electrons. The molecule has 0 aliphatic carbocycles. The Labute approximate surface area is 150 Å². The van der Waals surface area contributed by atoms with E-state index < -0.39 is 11.9 Å². The number of rotatable bonds is 7. The van der Waals surface area contributed by atoms with Crippen LogP contribution >= 0.6 is 23.2 Å². The lowest BCUT2D eigenvalue weighted by Crippen LogP contribution is -2.12. The summed E-state index contributed by atoms with van der Waals surface area (Å²) in [4.78, 5) is 24.0. The molecule has 6 heteroatoms. The third-order valence-electron chi connectivity index (χ3n) is 3.13. The Morgan fingerprint density at radius 1 is 0.875 bits per heavy atom. The summed E-state index contributed by atoms with van der Waals surface area (Å²) in [6, 6.07) is 13.0. The Balaban J connectivity index is 2.07. The van der Waals surface area contributed by atoms with E-state index in [1.165, 1.54) is 0 Å². The first-order valence-corrected chi connectivity index (χ1v) is 8.35. The van der Waals surface area contributed by atoms with Gasteiger partial charge in [0.05, 0.1) is 10.6 Å². The van der Waals surface area contributed by atoms with Crippen molar-refractivity contribution in [1.29, 1.82) is 0 Å². The molecule has 0 atom stereocenters. The highest BCUT2D eigenvalue weighted by atomic mass is 35.5. The lowest BCUT2D eigenvalue weighted by atomic mass is 10.2. The van der Waals surface area contributed by atoms with Crippen molar-refractivity contribution in [2.75, 3.05) is 5.88 Å². The highest BCUT2D eigenvalue weighted by Gasteiger charge is 2.16. The summed E-state index contributed by atoms with van der Waals surface area (Å²) < 4.78 is 10.6. The second-order valence-corrected chi connectivity index (χ2v) is 5.72. The molecule has 0 spiro atoms. The maximum Gasteiger partial charge on any atom is 0.345 e. The van der Waals surface area contributed by atoms with E-state index in [0.717, 1.165) is 6.42 Å². The summed E-state index contributed by atoms with van der Waals surface area (Å²) in [5, 5.41) is 0.290. The Bertz CT molecular complexity index is 716. The first-order valence-electron chi connectivity index (χ1n) is 7.44. The number of esters is 2. The number of carbonyl (C=O) groups excluding carboxylic acids is 2. The zero-order valence-electron chi connectivity index (χ0n) is 12.8. The Hall–Kier alpha value is -2.04. The van der Waals surface area contributed by atoms with Gasteiger partial charge in [0.2, 0.25) is 0 Å². The molecule has 0 saturated heterocycles. The first-order chi connectivity index (χ1) is 11.6. The number of para-hydroxylation sites is 2. The summed E-state index contributed by atoms with van der Waals surface area (Å²) in [6.07, 6.45) is 1.63. The molecule has 126 valence electrons. The second kappa shape index (κ2) is 9.30. The number of alkyl halides is 1. The van der Waals surface area contributed by atoms with Gasteiger partial charge in [-0.25, -0.2) is 4.79 Å². The molecule has 2 rings (SSSR count). The van der Waals surface area contributed by atoms with Crippen molar-refractivity contribution in [3.63, 3.8) is 0 Å². The standard InChI is InChI=1S/C18H16Cl2O4/c19-12-6-5-11-17(21)23-15-9-3-4-10-16(15)24-18(22)13-7-1-2-8-14(13)20/h1-4,7-10H,5-6,11-12H2. The summed E-state index contributed by atoms with van der Waals surface area (Å²) in [7, 11) is 0. The molecule has 0 saturated carbocycles. The van der Waals surface area contributed by atoms with Crippen molar-refractivity contribution in [2.24, 2.45) is 0 Å². The zero-order chi connectivity index (χ0) is 17.4. The number of benzene rings is 2. The lowest BCUT2D eigenvalue weighted by molar-refractivity contribution is -0.134. The van der Waals surface area contributed by atoms with Crippen LogP contribution in [-0.2, 0) is 4.79 Å². The van der Waals surface area contributed by atoms with Crippen LogP contribution in [0.15, 0.2) is 48.5 Å². The van der Waals surface area contributed by atoms with Crippen LogP contribution in [-0.4, -0.2) is 17.8 Å². The number of ether oxygens (including phenoxy) is 2. The second-order valence-electron chi connectivity index (χ2n) is 4.94. The van der Waals surface area contributed by atoms with E-state index in [4.69, 9.17) is 32.7 Å². The maximum atomic E-state index is 12.2. The van der Waals surface area contributed by atoms with Gasteiger partial charge in [-0.05, 0) is 37.1 Å². The maximum absolute atomic E-state index is 12.2. The highest BCUT2D eigenvalue weighted by Crippen LogP contribution is 2.28. The van der Waals surface area contributed by atoms with Crippen molar-refractivity contribution in [1.82, 2.24) is 0 Å². The normalized spacial score (nSPS) is 10.2. The molecule has 4 nitrogen and oxygen atoms in total. The van der Waals surface area contributed by atoms with E-state index in [2.05, 4.69) is 0 Å². The van der Waals surface area contributed by atoms with Crippen LogP contribution in [0.25, 0.3) is 0 Å². The molecule has 2 aromatic rings. The van der Waals surface area contributed by atoms with E-state index in [1.807, 2.05) is 0 Å². The SMILES string of the molecule is O=C(CCCCCl)Oc1ccccc1OC(=O)c1ccccc1Cl. The molecular weight excluding hydrogens is 351 g/mol. The van der Waals surface area contributed by atoms with Crippen molar-refractivity contribution in [3.8, 4) is 11.5 Å². The van der Waals surface area contributed by atoms with Crippen LogP contribution in [0.4, 0.5) is 0 Å². The molecule has 24 heavy (non-hydrogen) atoms. The average molecular weight is 367 g/mol. The van der Waals surface area contributed by atoms with Gasteiger partial charge < -0.3 is 9.47 Å². The average Bonchev–Trinajstić information content (AvgIpc) is 2.57. The minimum atomic E-state index is -0.619. The van der Waals surface area contributed by atoms with Crippen molar-refractivity contribution < 1.29 is 19.1 Å². The van der Waals surface area contributed by atoms with Crippen molar-refractivity contribution in [2.45, 2.75) is 19.3 Å². The Kier molecular flexibility index (Phi) is 7.09. The van der Waals surface area contributed by atoms with Crippen molar-refractivity contribution >= 4 is 35.1 Å². The fourth-order valence-electron chi connectivity index (χ4n) is 1.94. The summed E-state index contributed by atoms with van der Waals surface area (Å²) in [5.74, 6) is -0.172. The fourth-order valence-corrected chi connectivity index (χ4v) is 2.34. The van der Waals surface area contributed by atoms with Gasteiger partial charge in [0.25, 0.3) is 0 Å². The van der Waals surface area contributed by atoms with E-state index >= 15 is 0 Å². The van der Waals surface area contributed by atoms with Crippen LogP contribution in [0.1, 0.15) is 29.6 Å². The summed E-state index contributed by atoms with van der Waals surface area (Å²) in [6.45, 7) is 0. The molecule has 0 amide bonds. The molecular formula is C18H16Cl2O4. The molecule has 0 unspecified atom stereocenters. The smallest absolute Gasteiger partial charge is 0.345 e. The van der Waals surface area contributed by atoms with Gasteiger partial charge in [0.15, 0.2) is 11.5 Å². The topological polar surface area (TPSA) is 52.6 Å². The van der Waals surface area contributed by atoms with Gasteiger partial charge in [-0.2, -0.15) is 0 Å². The molecule has 0 N–H and O–H groups in total. The number of unbranched alkanes of at least 4 members (excludes halogenated alkanes) is 1. The predicted molar refractivity (Wildman–Crippen MR) is 93.1 cm³/mol. The number of carbonyl (C=O) groups is 2. The van der Waals surface area contributed by atoms with Crippen LogP contribution in [0.3, 0.4) is 0 Å². The van der Waals surface area contributed by atoms with Gasteiger partial charge in [-0.15, -0.1) is 11.6 Å². The van der Waals surface area contributed by atoms with E-state index in [0.29, 0.717) is 12.3 Å². The molecule has 0 aliphatic rings. The van der Waals surface area contributed by atoms with Gasteiger partial charge >= 0.3 is 11.9 Å². The van der Waals surface area contributed by atoms with Gasteiger partial charge in [0.1, 0.15) is 0 Å². The van der Waals surface area contributed by atoms with E-state index in [9.17, 15) is 9.59 Å². The fraction of sp³-hybridized carbons (Fsp3) is 0.222. The Morgan fingerprint density at radius 3 is 2.17 bits per heavy atom. The van der Waals surface area contributed by atoms with Crippen molar-refractivity contribution in [3.05, 3.63) is 59.1 Å². The largest absolute Gasteiger partial charge is 0.423 e. The predicted octanol–water partition coefficient (Wildman–Crippen LogP) is 4.87. The van der Waals surface area contributed by atoms with Crippen LogP contribution in [0, 0.1) is 0 Å². The minimum Gasteiger partial charge on any atom is -0.423 e. The number of hydrogen-bond acceptors (Lipinski definition) is 4. The quantitative estimate of drug-likeness (QED) is 0.303. The number of hydrogen-bond donors (Lipinski definition) is 0. The molecule has 2 aromatic carbocycles. The van der Waals surface area contributed by atoms with Gasteiger partial charge in [-0.3, -0.25) is 4.79 Å². The molecule has 0 fully saturated rings. The Morgan fingerprint density at radius 2 is 1.50 bits per heavy atom. The molecule has 0 aliphatic heterocycles. The van der Waals surface area contributed by atoms with E-state index in [1.54, 1.807) is 48.5 Å². The lowest BCUT2D eigenvalue weighted by Gasteiger charge is -2.10. The third-order valence-corrected chi connectivity index (χ3v) is 3.73. The first kappa shape index (κ1) is 18.3. The molecule has 0 aromatic heterocycles. The highest BCUT2D eigenvalue weighted by molar-refractivity contribution is 6.33. The third kappa shape index (κ3) is 5.25. The summed E-state index contributed by atoms with van der Waals surface area (Å²) >= 11 is 11.6. The van der Waals surface area contributed by atoms with Crippen LogP contribution in [0.5, 0.6) is 11.5 Å². The minimum absolute atomic E-state index is 0.160. The van der Waals surface area contributed by atoms with Gasteiger partial charge in [-0.1, -0.05) is 35.9 Å². The molecule has 0 bridgehead atoms. The summed E-state index contributed by atoms with van der Waals surface area (Å²) in [5.41, 5.74) is 0.238. The van der Waals surface area contributed by atoms with Gasteiger partial charge in [0, 0.05) is 12.3 Å². The van der Waals surface area contributed by atoms with Crippen LogP contribution < -0.4 is 9.47 Å². The zero-order valence-corrected chi connectivity index (χ0v) is 14.3. The van der Waals surface area contributed by atoms with Crippen LogP contribution in [0.2, 0.25) is 5.02 Å².